The van der Waals surface area contributed by atoms with E-state index in [9.17, 15) is 9.59 Å². The van der Waals surface area contributed by atoms with Crippen LogP contribution in [-0.4, -0.2) is 24.1 Å². The van der Waals surface area contributed by atoms with Gasteiger partial charge in [0.2, 0.25) is 5.91 Å². The number of nitrogens with one attached hydrogen (secondary N) is 1. The Kier molecular flexibility index (Phi) is 5.56. The monoisotopic (exact) mass is 352 g/mol. The van der Waals surface area contributed by atoms with Crippen molar-refractivity contribution in [3.8, 4) is 0 Å². The summed E-state index contributed by atoms with van der Waals surface area (Å²) in [7, 11) is 0. The summed E-state index contributed by atoms with van der Waals surface area (Å²) in [6.07, 6.45) is 4.39. The zero-order valence-electron chi connectivity index (χ0n) is 14.1. The number of hydrogen-bond acceptors (Lipinski definition) is 3. The standard InChI is InChI=1S/C20H20N2O2S/c1-15(23)21-17-10-7-16(8-11-17)9-12-20(24)22-13-4-14-25-19-6-3-2-5-18(19)22/h2-3,5-12H,4,13-14H2,1H3,(H,21,23)/b12-9+. The van der Waals surface area contributed by atoms with Gasteiger partial charge in [0.1, 0.15) is 0 Å². The van der Waals surface area contributed by atoms with Crippen molar-refractivity contribution >= 4 is 41.0 Å². The second kappa shape index (κ2) is 8.03. The van der Waals surface area contributed by atoms with E-state index in [1.807, 2.05) is 47.4 Å². The Morgan fingerprint density at radius 2 is 1.88 bits per heavy atom. The molecule has 1 aliphatic rings. The smallest absolute Gasteiger partial charge is 0.251 e. The van der Waals surface area contributed by atoms with Crippen molar-refractivity contribution in [3.63, 3.8) is 0 Å². The van der Waals surface area contributed by atoms with Gasteiger partial charge in [-0.1, -0.05) is 24.3 Å². The number of benzene rings is 2. The highest BCUT2D eigenvalue weighted by atomic mass is 32.2. The molecule has 5 heteroatoms. The summed E-state index contributed by atoms with van der Waals surface area (Å²) in [5.74, 6) is 0.909. The first-order valence-electron chi connectivity index (χ1n) is 8.22. The molecule has 2 amide bonds. The third kappa shape index (κ3) is 4.51. The Labute approximate surface area is 151 Å². The maximum absolute atomic E-state index is 12.7. The van der Waals surface area contributed by atoms with Crippen LogP contribution in [0.5, 0.6) is 0 Å². The predicted molar refractivity (Wildman–Crippen MR) is 104 cm³/mol. The van der Waals surface area contributed by atoms with E-state index in [0.29, 0.717) is 0 Å². The van der Waals surface area contributed by atoms with Crippen LogP contribution in [0.1, 0.15) is 18.9 Å². The number of anilines is 2. The summed E-state index contributed by atoms with van der Waals surface area (Å²) < 4.78 is 0. The molecule has 0 saturated heterocycles. The highest BCUT2D eigenvalue weighted by Crippen LogP contribution is 2.33. The van der Waals surface area contributed by atoms with Crippen LogP contribution in [0.2, 0.25) is 0 Å². The number of hydrogen-bond donors (Lipinski definition) is 1. The maximum atomic E-state index is 12.7. The summed E-state index contributed by atoms with van der Waals surface area (Å²) >= 11 is 1.80. The SMILES string of the molecule is CC(=O)Nc1ccc(/C=C/C(=O)N2CCCSc3ccccc32)cc1. The highest BCUT2D eigenvalue weighted by molar-refractivity contribution is 7.99. The van der Waals surface area contributed by atoms with Crippen LogP contribution in [0.15, 0.2) is 59.5 Å². The molecular formula is C20H20N2O2S. The second-order valence-corrected chi connectivity index (χ2v) is 6.93. The summed E-state index contributed by atoms with van der Waals surface area (Å²) in [4.78, 5) is 26.7. The third-order valence-electron chi connectivity index (χ3n) is 3.86. The van der Waals surface area contributed by atoms with Crippen molar-refractivity contribution in [1.82, 2.24) is 0 Å². The number of thioether (sulfide) groups is 1. The molecular weight excluding hydrogens is 332 g/mol. The van der Waals surface area contributed by atoms with Gasteiger partial charge in [-0.05, 0) is 48.1 Å². The fraction of sp³-hybridized carbons (Fsp3) is 0.200. The number of amides is 2. The van der Waals surface area contributed by atoms with Crippen LogP contribution < -0.4 is 10.2 Å². The van der Waals surface area contributed by atoms with E-state index in [4.69, 9.17) is 0 Å². The van der Waals surface area contributed by atoms with Crippen molar-refractivity contribution in [1.29, 1.82) is 0 Å². The van der Waals surface area contributed by atoms with Crippen LogP contribution in [0.4, 0.5) is 11.4 Å². The summed E-state index contributed by atoms with van der Waals surface area (Å²) in [5, 5.41) is 2.73. The van der Waals surface area contributed by atoms with Crippen molar-refractivity contribution < 1.29 is 9.59 Å². The quantitative estimate of drug-likeness (QED) is 0.843. The molecule has 0 fully saturated rings. The molecule has 128 valence electrons. The van der Waals surface area contributed by atoms with Gasteiger partial charge in [0.15, 0.2) is 0 Å². The van der Waals surface area contributed by atoms with E-state index in [2.05, 4.69) is 11.4 Å². The predicted octanol–water partition coefficient (Wildman–Crippen LogP) is 4.19. The Hall–Kier alpha value is -2.53. The van der Waals surface area contributed by atoms with Gasteiger partial charge in [0.25, 0.3) is 5.91 Å². The number of fused-ring (bicyclic) bond motifs is 1. The Morgan fingerprint density at radius 3 is 2.64 bits per heavy atom. The van der Waals surface area contributed by atoms with Crippen molar-refractivity contribution in [2.75, 3.05) is 22.5 Å². The molecule has 0 atom stereocenters. The van der Waals surface area contributed by atoms with Gasteiger partial charge < -0.3 is 10.2 Å². The van der Waals surface area contributed by atoms with Gasteiger partial charge in [-0.2, -0.15) is 0 Å². The summed E-state index contributed by atoms with van der Waals surface area (Å²) in [5.41, 5.74) is 2.65. The lowest BCUT2D eigenvalue weighted by Crippen LogP contribution is -2.30. The molecule has 2 aromatic carbocycles. The topological polar surface area (TPSA) is 49.4 Å². The lowest BCUT2D eigenvalue weighted by molar-refractivity contribution is -0.115. The minimum Gasteiger partial charge on any atom is -0.326 e. The van der Waals surface area contributed by atoms with Crippen LogP contribution in [0.25, 0.3) is 6.08 Å². The first-order chi connectivity index (χ1) is 12.1. The lowest BCUT2D eigenvalue weighted by atomic mass is 10.2. The number of rotatable bonds is 3. The number of carbonyl (C=O) groups is 2. The zero-order chi connectivity index (χ0) is 17.6. The Morgan fingerprint density at radius 1 is 1.12 bits per heavy atom. The van der Waals surface area contributed by atoms with Crippen molar-refractivity contribution in [3.05, 3.63) is 60.2 Å². The maximum Gasteiger partial charge on any atom is 0.251 e. The van der Waals surface area contributed by atoms with E-state index in [1.54, 1.807) is 23.9 Å². The number of para-hydroxylation sites is 1. The van der Waals surface area contributed by atoms with Gasteiger partial charge >= 0.3 is 0 Å². The van der Waals surface area contributed by atoms with Gasteiger partial charge in [0.05, 0.1) is 5.69 Å². The average Bonchev–Trinajstić information content (AvgIpc) is 2.83. The molecule has 0 unspecified atom stereocenters. The van der Waals surface area contributed by atoms with Crippen LogP contribution in [0, 0.1) is 0 Å². The normalized spacial score (nSPS) is 14.0. The summed E-state index contributed by atoms with van der Waals surface area (Å²) in [6, 6.07) is 15.4. The van der Waals surface area contributed by atoms with E-state index < -0.39 is 0 Å². The van der Waals surface area contributed by atoms with E-state index in [1.165, 1.54) is 6.92 Å². The van der Waals surface area contributed by atoms with E-state index in [-0.39, 0.29) is 11.8 Å². The minimum atomic E-state index is -0.101. The second-order valence-electron chi connectivity index (χ2n) is 5.80. The molecule has 25 heavy (non-hydrogen) atoms. The van der Waals surface area contributed by atoms with Gasteiger partial charge in [-0.3, -0.25) is 9.59 Å². The first-order valence-corrected chi connectivity index (χ1v) is 9.21. The molecule has 0 aliphatic carbocycles. The Bertz CT molecular complexity index is 800. The molecule has 4 nitrogen and oxygen atoms in total. The molecule has 0 saturated carbocycles. The molecule has 0 aromatic heterocycles. The number of nitrogens with zero attached hydrogens (tertiary/aromatic N) is 1. The molecule has 0 spiro atoms. The highest BCUT2D eigenvalue weighted by Gasteiger charge is 2.19. The minimum absolute atomic E-state index is 0.0131. The molecule has 1 aliphatic heterocycles. The van der Waals surface area contributed by atoms with Crippen molar-refractivity contribution in [2.24, 2.45) is 0 Å². The van der Waals surface area contributed by atoms with Crippen molar-refractivity contribution in [2.45, 2.75) is 18.2 Å². The van der Waals surface area contributed by atoms with E-state index >= 15 is 0 Å². The van der Waals surface area contributed by atoms with Gasteiger partial charge in [-0.25, -0.2) is 0 Å². The third-order valence-corrected chi connectivity index (χ3v) is 5.00. The molecule has 0 bridgehead atoms. The van der Waals surface area contributed by atoms with Gasteiger partial charge in [-0.15, -0.1) is 11.8 Å². The first kappa shape index (κ1) is 17.3. The average molecular weight is 352 g/mol. The summed E-state index contributed by atoms with van der Waals surface area (Å²) in [6.45, 7) is 2.21. The molecule has 2 aromatic rings. The molecule has 0 radical (unpaired) electrons. The molecule has 1 N–H and O–H groups in total. The zero-order valence-corrected chi connectivity index (χ0v) is 14.9. The fourth-order valence-electron chi connectivity index (χ4n) is 2.69. The van der Waals surface area contributed by atoms with E-state index in [0.717, 1.165) is 40.6 Å². The van der Waals surface area contributed by atoms with Gasteiger partial charge in [0, 0.05) is 30.1 Å². The molecule has 1 heterocycles. The Balaban J connectivity index is 1.73. The largest absolute Gasteiger partial charge is 0.326 e. The lowest BCUT2D eigenvalue weighted by Gasteiger charge is -2.20. The molecule has 3 rings (SSSR count). The van der Waals surface area contributed by atoms with Crippen LogP contribution in [0.3, 0.4) is 0 Å². The van der Waals surface area contributed by atoms with Crippen LogP contribution in [-0.2, 0) is 9.59 Å². The number of carbonyl (C=O) groups excluding carboxylic acids is 2. The van der Waals surface area contributed by atoms with Crippen LogP contribution >= 0.6 is 11.8 Å². The fourth-order valence-corrected chi connectivity index (χ4v) is 3.69.